The first-order valence-corrected chi connectivity index (χ1v) is 8.38. The Morgan fingerprint density at radius 3 is 2.75 bits per heavy atom. The minimum atomic E-state index is 0.689. The third-order valence-corrected chi connectivity index (χ3v) is 4.26. The number of nitrogens with one attached hydrogen (secondary N) is 1. The molecule has 2 aromatic rings. The molecule has 0 saturated heterocycles. The molecule has 0 amide bonds. The number of hydrogen-bond donors (Lipinski definition) is 1. The number of hydrogen-bond acceptors (Lipinski definition) is 3. The van der Waals surface area contributed by atoms with E-state index in [1.807, 2.05) is 6.07 Å². The van der Waals surface area contributed by atoms with Crippen LogP contribution in [0, 0.1) is 5.92 Å². The summed E-state index contributed by atoms with van der Waals surface area (Å²) < 4.78 is 0. The minimum Gasteiger partial charge on any atom is -0.317 e. The summed E-state index contributed by atoms with van der Waals surface area (Å²) in [4.78, 5) is 4.76. The van der Waals surface area contributed by atoms with Crippen molar-refractivity contribution in [2.45, 2.75) is 33.1 Å². The largest absolute Gasteiger partial charge is 0.317 e. The maximum atomic E-state index is 4.76. The van der Waals surface area contributed by atoms with Crippen molar-refractivity contribution < 1.29 is 0 Å². The van der Waals surface area contributed by atoms with Gasteiger partial charge in [0.05, 0.1) is 10.7 Å². The molecule has 0 fully saturated rings. The summed E-state index contributed by atoms with van der Waals surface area (Å²) in [5.41, 5.74) is 2.33. The highest BCUT2D eigenvalue weighted by Crippen LogP contribution is 2.23. The molecule has 0 aliphatic rings. The van der Waals surface area contributed by atoms with Crippen LogP contribution >= 0.6 is 11.3 Å². The predicted molar refractivity (Wildman–Crippen MR) is 88.2 cm³/mol. The quantitative estimate of drug-likeness (QED) is 0.729. The van der Waals surface area contributed by atoms with E-state index in [1.165, 1.54) is 23.4 Å². The van der Waals surface area contributed by atoms with Crippen LogP contribution in [0.25, 0.3) is 11.3 Å². The number of aromatic nitrogens is 1. The van der Waals surface area contributed by atoms with Gasteiger partial charge in [0.2, 0.25) is 0 Å². The molecule has 0 spiro atoms. The van der Waals surface area contributed by atoms with E-state index in [-0.39, 0.29) is 0 Å². The fourth-order valence-corrected chi connectivity index (χ4v) is 3.16. The molecule has 1 aromatic heterocycles. The first-order chi connectivity index (χ1) is 9.79. The van der Waals surface area contributed by atoms with Gasteiger partial charge in [0.1, 0.15) is 0 Å². The Kier molecular flexibility index (Phi) is 6.22. The summed E-state index contributed by atoms with van der Waals surface area (Å²) in [6.07, 6.45) is 3.52. The first kappa shape index (κ1) is 15.2. The topological polar surface area (TPSA) is 24.9 Å². The summed E-state index contributed by atoms with van der Waals surface area (Å²) >= 11 is 1.78. The van der Waals surface area contributed by atoms with Gasteiger partial charge >= 0.3 is 0 Å². The second kappa shape index (κ2) is 8.18. The molecule has 1 aromatic carbocycles. The van der Waals surface area contributed by atoms with Gasteiger partial charge in [-0.3, -0.25) is 0 Å². The molecule has 1 N–H and O–H groups in total. The van der Waals surface area contributed by atoms with Gasteiger partial charge in [-0.2, -0.15) is 0 Å². The fourth-order valence-electron chi connectivity index (χ4n) is 2.20. The lowest BCUT2D eigenvalue weighted by molar-refractivity contribution is 0.498. The lowest BCUT2D eigenvalue weighted by atomic mass is 10.0. The highest BCUT2D eigenvalue weighted by molar-refractivity contribution is 7.09. The van der Waals surface area contributed by atoms with Crippen LogP contribution < -0.4 is 5.32 Å². The zero-order chi connectivity index (χ0) is 14.2. The van der Waals surface area contributed by atoms with Gasteiger partial charge < -0.3 is 5.32 Å². The monoisotopic (exact) mass is 288 g/mol. The molecule has 0 radical (unpaired) electrons. The molecule has 108 valence electrons. The van der Waals surface area contributed by atoms with Crippen molar-refractivity contribution in [3.05, 3.63) is 40.7 Å². The molecule has 1 atom stereocenters. The van der Waals surface area contributed by atoms with E-state index < -0.39 is 0 Å². The molecule has 2 rings (SSSR count). The lowest BCUT2D eigenvalue weighted by Gasteiger charge is -2.09. The van der Waals surface area contributed by atoms with Crippen LogP contribution in [0.2, 0.25) is 0 Å². The third-order valence-electron chi connectivity index (χ3n) is 3.39. The normalized spacial score (nSPS) is 12.5. The van der Waals surface area contributed by atoms with Crippen LogP contribution in [0.4, 0.5) is 0 Å². The Hall–Kier alpha value is -1.19. The number of nitrogens with zero attached hydrogens (tertiary/aromatic N) is 1. The van der Waals surface area contributed by atoms with E-state index in [9.17, 15) is 0 Å². The molecule has 3 heteroatoms. The zero-order valence-electron chi connectivity index (χ0n) is 12.4. The number of benzene rings is 1. The molecule has 0 bridgehead atoms. The van der Waals surface area contributed by atoms with E-state index >= 15 is 0 Å². The Labute approximate surface area is 126 Å². The highest BCUT2D eigenvalue weighted by Gasteiger charge is 2.08. The van der Waals surface area contributed by atoms with Crippen molar-refractivity contribution in [2.24, 2.45) is 5.92 Å². The van der Waals surface area contributed by atoms with E-state index in [2.05, 4.69) is 48.8 Å². The van der Waals surface area contributed by atoms with E-state index in [1.54, 1.807) is 11.3 Å². The van der Waals surface area contributed by atoms with Crippen molar-refractivity contribution in [1.29, 1.82) is 0 Å². The standard InChI is InChI=1S/C17H24N2S/c1-3-10-18-11-9-14(2)12-17-19-16(13-20-17)15-7-5-4-6-8-15/h4-8,13-14,18H,3,9-12H2,1-2H3. The number of rotatable bonds is 8. The lowest BCUT2D eigenvalue weighted by Crippen LogP contribution is -2.18. The summed E-state index contributed by atoms with van der Waals surface area (Å²) in [5.74, 6) is 0.689. The smallest absolute Gasteiger partial charge is 0.0935 e. The van der Waals surface area contributed by atoms with E-state index in [0.717, 1.165) is 25.2 Å². The van der Waals surface area contributed by atoms with Gasteiger partial charge in [0.25, 0.3) is 0 Å². The van der Waals surface area contributed by atoms with Crippen molar-refractivity contribution in [3.63, 3.8) is 0 Å². The number of thiazole rings is 1. The molecular formula is C17H24N2S. The van der Waals surface area contributed by atoms with Crippen molar-refractivity contribution >= 4 is 11.3 Å². The van der Waals surface area contributed by atoms with Crippen LogP contribution in [0.1, 0.15) is 31.7 Å². The molecule has 1 unspecified atom stereocenters. The first-order valence-electron chi connectivity index (χ1n) is 7.50. The fraction of sp³-hybridized carbons (Fsp3) is 0.471. The third kappa shape index (κ3) is 4.73. The summed E-state index contributed by atoms with van der Waals surface area (Å²) in [5, 5.41) is 6.90. The molecule has 0 aliphatic carbocycles. The van der Waals surface area contributed by atoms with Crippen LogP contribution in [-0.2, 0) is 6.42 Å². The summed E-state index contributed by atoms with van der Waals surface area (Å²) in [6, 6.07) is 10.4. The van der Waals surface area contributed by atoms with E-state index in [4.69, 9.17) is 4.98 Å². The van der Waals surface area contributed by atoms with E-state index in [0.29, 0.717) is 5.92 Å². The Bertz CT molecular complexity index is 493. The Morgan fingerprint density at radius 2 is 2.00 bits per heavy atom. The van der Waals surface area contributed by atoms with Gasteiger partial charge in [-0.25, -0.2) is 4.98 Å². The van der Waals surface area contributed by atoms with Crippen LogP contribution in [0.3, 0.4) is 0 Å². The van der Waals surface area contributed by atoms with Crippen LogP contribution in [0.5, 0.6) is 0 Å². The average molecular weight is 288 g/mol. The maximum absolute atomic E-state index is 4.76. The molecule has 0 saturated carbocycles. The molecule has 2 nitrogen and oxygen atoms in total. The Morgan fingerprint density at radius 1 is 1.20 bits per heavy atom. The SMILES string of the molecule is CCCNCCC(C)Cc1nc(-c2ccccc2)cs1. The second-order valence-electron chi connectivity index (χ2n) is 5.34. The highest BCUT2D eigenvalue weighted by atomic mass is 32.1. The van der Waals surface area contributed by atoms with Gasteiger partial charge in [0.15, 0.2) is 0 Å². The summed E-state index contributed by atoms with van der Waals surface area (Å²) in [6.45, 7) is 6.77. The molecular weight excluding hydrogens is 264 g/mol. The molecule has 0 aliphatic heterocycles. The predicted octanol–water partition coefficient (Wildman–Crippen LogP) is 4.38. The van der Waals surface area contributed by atoms with Crippen LogP contribution in [-0.4, -0.2) is 18.1 Å². The van der Waals surface area contributed by atoms with Gasteiger partial charge in [-0.1, -0.05) is 44.2 Å². The maximum Gasteiger partial charge on any atom is 0.0935 e. The van der Waals surface area contributed by atoms with Crippen molar-refractivity contribution in [2.75, 3.05) is 13.1 Å². The second-order valence-corrected chi connectivity index (χ2v) is 6.28. The Balaban J connectivity index is 1.83. The van der Waals surface area contributed by atoms with Crippen molar-refractivity contribution in [1.82, 2.24) is 10.3 Å². The minimum absolute atomic E-state index is 0.689. The summed E-state index contributed by atoms with van der Waals surface area (Å²) in [7, 11) is 0. The zero-order valence-corrected chi connectivity index (χ0v) is 13.2. The van der Waals surface area contributed by atoms with Gasteiger partial charge in [-0.05, 0) is 31.8 Å². The van der Waals surface area contributed by atoms with Gasteiger partial charge in [0, 0.05) is 17.4 Å². The van der Waals surface area contributed by atoms with Gasteiger partial charge in [-0.15, -0.1) is 11.3 Å². The molecule has 1 heterocycles. The average Bonchev–Trinajstić information content (AvgIpc) is 2.93. The van der Waals surface area contributed by atoms with Crippen LogP contribution in [0.15, 0.2) is 35.7 Å². The molecule has 20 heavy (non-hydrogen) atoms. The van der Waals surface area contributed by atoms with Crippen molar-refractivity contribution in [3.8, 4) is 11.3 Å².